The van der Waals surface area contributed by atoms with Crippen molar-refractivity contribution in [1.29, 1.82) is 0 Å². The Labute approximate surface area is 125 Å². The quantitative estimate of drug-likeness (QED) is 0.803. The molecule has 1 aromatic rings. The van der Waals surface area contributed by atoms with E-state index >= 15 is 0 Å². The Balaban J connectivity index is 1.97. The largest absolute Gasteiger partial charge is 0.383 e. The molecule has 118 valence electrons. The lowest BCUT2D eigenvalue weighted by Gasteiger charge is -2.22. The third kappa shape index (κ3) is 4.25. The summed E-state index contributed by atoms with van der Waals surface area (Å²) in [5.74, 6) is 0.110. The van der Waals surface area contributed by atoms with Crippen LogP contribution in [0.4, 0.5) is 0 Å². The van der Waals surface area contributed by atoms with E-state index < -0.39 is 0 Å². The van der Waals surface area contributed by atoms with Gasteiger partial charge in [-0.15, -0.1) is 5.10 Å². The Hall–Kier alpha value is -1.47. The summed E-state index contributed by atoms with van der Waals surface area (Å²) in [6.07, 6.45) is 3.78. The first-order valence-electron chi connectivity index (χ1n) is 7.54. The molecule has 21 heavy (non-hydrogen) atoms. The van der Waals surface area contributed by atoms with E-state index in [9.17, 15) is 4.79 Å². The van der Waals surface area contributed by atoms with Gasteiger partial charge in [0.25, 0.3) is 5.91 Å². The SMILES string of the molecule is COC[C@@H](NC(=O)c1cn(C2CCNCC2)nn1)C(C)C. The minimum atomic E-state index is -0.189. The summed E-state index contributed by atoms with van der Waals surface area (Å²) in [6.45, 7) is 6.56. The van der Waals surface area contributed by atoms with E-state index in [4.69, 9.17) is 4.74 Å². The van der Waals surface area contributed by atoms with Crippen molar-refractivity contribution in [2.24, 2.45) is 5.92 Å². The summed E-state index contributed by atoms with van der Waals surface area (Å²) in [4.78, 5) is 12.2. The zero-order valence-corrected chi connectivity index (χ0v) is 13.0. The van der Waals surface area contributed by atoms with Crippen molar-refractivity contribution in [3.8, 4) is 0 Å². The lowest BCUT2D eigenvalue weighted by Crippen LogP contribution is -2.41. The van der Waals surface area contributed by atoms with Crippen LogP contribution in [0.15, 0.2) is 6.20 Å². The molecule has 1 fully saturated rings. The number of hydrogen-bond acceptors (Lipinski definition) is 5. The molecule has 1 aromatic heterocycles. The van der Waals surface area contributed by atoms with E-state index in [1.165, 1.54) is 0 Å². The average molecular weight is 295 g/mol. The predicted octanol–water partition coefficient (Wildman–Crippen LogP) is 0.603. The number of rotatable bonds is 6. The number of ether oxygens (including phenoxy) is 1. The second kappa shape index (κ2) is 7.51. The van der Waals surface area contributed by atoms with Crippen LogP contribution in [0.5, 0.6) is 0 Å². The van der Waals surface area contributed by atoms with Crippen molar-refractivity contribution in [3.05, 3.63) is 11.9 Å². The van der Waals surface area contributed by atoms with E-state index in [2.05, 4.69) is 34.8 Å². The first kappa shape index (κ1) is 15.9. The van der Waals surface area contributed by atoms with Gasteiger partial charge in [0.05, 0.1) is 24.9 Å². The lowest BCUT2D eigenvalue weighted by molar-refractivity contribution is 0.0861. The summed E-state index contributed by atoms with van der Waals surface area (Å²) in [5.41, 5.74) is 0.371. The third-order valence-electron chi connectivity index (χ3n) is 3.89. The second-order valence-corrected chi connectivity index (χ2v) is 5.84. The predicted molar refractivity (Wildman–Crippen MR) is 79.1 cm³/mol. The first-order chi connectivity index (χ1) is 10.1. The van der Waals surface area contributed by atoms with E-state index in [0.29, 0.717) is 24.3 Å². The zero-order chi connectivity index (χ0) is 15.2. The van der Waals surface area contributed by atoms with E-state index in [1.807, 2.05) is 4.68 Å². The fourth-order valence-corrected chi connectivity index (χ4v) is 2.45. The highest BCUT2D eigenvalue weighted by molar-refractivity contribution is 5.92. The van der Waals surface area contributed by atoms with Crippen molar-refractivity contribution in [2.45, 2.75) is 38.8 Å². The van der Waals surface area contributed by atoms with Crippen molar-refractivity contribution in [3.63, 3.8) is 0 Å². The molecular formula is C14H25N5O2. The molecule has 1 aliphatic rings. The van der Waals surface area contributed by atoms with Crippen LogP contribution in [-0.4, -0.2) is 53.7 Å². The van der Waals surface area contributed by atoms with Gasteiger partial charge in [0.2, 0.25) is 0 Å². The molecule has 0 bridgehead atoms. The monoisotopic (exact) mass is 295 g/mol. The van der Waals surface area contributed by atoms with E-state index in [-0.39, 0.29) is 11.9 Å². The van der Waals surface area contributed by atoms with Gasteiger partial charge in [0, 0.05) is 7.11 Å². The van der Waals surface area contributed by atoms with Gasteiger partial charge >= 0.3 is 0 Å². The highest BCUT2D eigenvalue weighted by atomic mass is 16.5. The first-order valence-corrected chi connectivity index (χ1v) is 7.54. The molecule has 2 rings (SSSR count). The molecule has 7 heteroatoms. The number of nitrogens with one attached hydrogen (secondary N) is 2. The topological polar surface area (TPSA) is 81.1 Å². The number of amides is 1. The Kier molecular flexibility index (Phi) is 5.69. The fourth-order valence-electron chi connectivity index (χ4n) is 2.45. The van der Waals surface area contributed by atoms with Crippen LogP contribution in [0, 0.1) is 5.92 Å². The summed E-state index contributed by atoms with van der Waals surface area (Å²) in [5, 5.41) is 14.4. The number of nitrogens with zero attached hydrogens (tertiary/aromatic N) is 3. The smallest absolute Gasteiger partial charge is 0.273 e. The van der Waals surface area contributed by atoms with Gasteiger partial charge in [0.15, 0.2) is 5.69 Å². The van der Waals surface area contributed by atoms with Crippen LogP contribution in [0.3, 0.4) is 0 Å². The van der Waals surface area contributed by atoms with Gasteiger partial charge in [-0.3, -0.25) is 4.79 Å². The third-order valence-corrected chi connectivity index (χ3v) is 3.89. The molecule has 2 heterocycles. The second-order valence-electron chi connectivity index (χ2n) is 5.84. The summed E-state index contributed by atoms with van der Waals surface area (Å²) in [7, 11) is 1.63. The standard InChI is InChI=1S/C14H25N5O2/c1-10(2)13(9-21-3)16-14(20)12-8-19(18-17-12)11-4-6-15-7-5-11/h8,10-11,13,15H,4-7,9H2,1-3H3,(H,16,20)/t13-/m1/s1. The van der Waals surface area contributed by atoms with Crippen molar-refractivity contribution in [1.82, 2.24) is 25.6 Å². The van der Waals surface area contributed by atoms with Gasteiger partial charge in [-0.2, -0.15) is 0 Å². The number of aromatic nitrogens is 3. The maximum atomic E-state index is 12.2. The van der Waals surface area contributed by atoms with E-state index in [0.717, 1.165) is 25.9 Å². The van der Waals surface area contributed by atoms with Crippen LogP contribution in [0.2, 0.25) is 0 Å². The van der Waals surface area contributed by atoms with Crippen molar-refractivity contribution < 1.29 is 9.53 Å². The molecule has 0 saturated carbocycles. The lowest BCUT2D eigenvalue weighted by atomic mass is 10.1. The van der Waals surface area contributed by atoms with Gasteiger partial charge in [-0.05, 0) is 31.8 Å². The highest BCUT2D eigenvalue weighted by Crippen LogP contribution is 2.17. The van der Waals surface area contributed by atoms with Crippen LogP contribution in [0.1, 0.15) is 43.2 Å². The zero-order valence-electron chi connectivity index (χ0n) is 13.0. The Morgan fingerprint density at radius 1 is 1.52 bits per heavy atom. The van der Waals surface area contributed by atoms with Crippen LogP contribution in [-0.2, 0) is 4.74 Å². The molecule has 0 radical (unpaired) electrons. The van der Waals surface area contributed by atoms with E-state index in [1.54, 1.807) is 13.3 Å². The summed E-state index contributed by atoms with van der Waals surface area (Å²) >= 11 is 0. The van der Waals surface area contributed by atoms with Gasteiger partial charge in [0.1, 0.15) is 0 Å². The maximum Gasteiger partial charge on any atom is 0.273 e. The number of methoxy groups -OCH3 is 1. The Bertz CT molecular complexity index is 454. The molecule has 0 unspecified atom stereocenters. The summed E-state index contributed by atoms with van der Waals surface area (Å²) < 4.78 is 6.96. The number of carbonyl (C=O) groups is 1. The Morgan fingerprint density at radius 3 is 2.86 bits per heavy atom. The molecule has 0 aliphatic carbocycles. The normalized spacial score (nSPS) is 17.9. The van der Waals surface area contributed by atoms with Crippen LogP contribution in [0.25, 0.3) is 0 Å². The number of piperidine rings is 1. The fraction of sp³-hybridized carbons (Fsp3) is 0.786. The molecule has 7 nitrogen and oxygen atoms in total. The molecule has 0 aromatic carbocycles. The minimum Gasteiger partial charge on any atom is -0.383 e. The molecule has 1 atom stereocenters. The molecule has 1 saturated heterocycles. The average Bonchev–Trinajstić information content (AvgIpc) is 2.97. The van der Waals surface area contributed by atoms with Crippen molar-refractivity contribution >= 4 is 5.91 Å². The van der Waals surface area contributed by atoms with Gasteiger partial charge in [-0.1, -0.05) is 19.1 Å². The van der Waals surface area contributed by atoms with Crippen LogP contribution >= 0.6 is 0 Å². The van der Waals surface area contributed by atoms with Crippen LogP contribution < -0.4 is 10.6 Å². The minimum absolute atomic E-state index is 0.0217. The Morgan fingerprint density at radius 2 is 2.24 bits per heavy atom. The number of hydrogen-bond donors (Lipinski definition) is 2. The van der Waals surface area contributed by atoms with Gasteiger partial charge < -0.3 is 15.4 Å². The van der Waals surface area contributed by atoms with Crippen molar-refractivity contribution in [2.75, 3.05) is 26.8 Å². The molecule has 1 amide bonds. The highest BCUT2D eigenvalue weighted by Gasteiger charge is 2.21. The molecule has 1 aliphatic heterocycles. The van der Waals surface area contributed by atoms with Gasteiger partial charge in [-0.25, -0.2) is 4.68 Å². The maximum absolute atomic E-state index is 12.2. The number of carbonyl (C=O) groups excluding carboxylic acids is 1. The summed E-state index contributed by atoms with van der Waals surface area (Å²) in [6, 6.07) is 0.312. The molecule has 2 N–H and O–H groups in total. The molecular weight excluding hydrogens is 270 g/mol. The molecule has 0 spiro atoms.